The molecule has 0 heterocycles. The maximum atomic E-state index is 12.3. The SMILES string of the molecule is CCOC(=O)C(NCC(C)C)c1ccccc1C1CC1. The highest BCUT2D eigenvalue weighted by Gasteiger charge is 2.31. The summed E-state index contributed by atoms with van der Waals surface area (Å²) in [6.45, 7) is 7.36. The van der Waals surface area contributed by atoms with Crippen molar-refractivity contribution in [3.05, 3.63) is 35.4 Å². The Bertz CT molecular complexity index is 452. The van der Waals surface area contributed by atoms with E-state index in [1.165, 1.54) is 18.4 Å². The fraction of sp³-hybridized carbons (Fsp3) is 0.588. The molecule has 1 unspecified atom stereocenters. The van der Waals surface area contributed by atoms with Gasteiger partial charge in [0.15, 0.2) is 0 Å². The molecule has 0 bridgehead atoms. The highest BCUT2D eigenvalue weighted by molar-refractivity contribution is 5.78. The molecule has 20 heavy (non-hydrogen) atoms. The zero-order chi connectivity index (χ0) is 14.5. The van der Waals surface area contributed by atoms with Gasteiger partial charge in [0.25, 0.3) is 0 Å². The van der Waals surface area contributed by atoms with E-state index in [2.05, 4.69) is 37.4 Å². The standard InChI is InChI=1S/C17H25NO2/c1-4-20-17(19)16(18-11-12(2)3)15-8-6-5-7-14(15)13-9-10-13/h5-8,12-13,16,18H,4,9-11H2,1-3H3. The van der Waals surface area contributed by atoms with Crippen LogP contribution < -0.4 is 5.32 Å². The summed E-state index contributed by atoms with van der Waals surface area (Å²) in [6, 6.07) is 7.93. The first kappa shape index (κ1) is 15.0. The normalized spacial score (nSPS) is 16.2. The van der Waals surface area contributed by atoms with Crippen molar-refractivity contribution in [2.45, 2.75) is 45.6 Å². The molecule has 1 aliphatic carbocycles. The molecule has 110 valence electrons. The molecule has 1 saturated carbocycles. The zero-order valence-electron chi connectivity index (χ0n) is 12.7. The molecule has 1 aromatic rings. The van der Waals surface area contributed by atoms with Gasteiger partial charge < -0.3 is 10.1 Å². The molecule has 1 atom stereocenters. The van der Waals surface area contributed by atoms with Gasteiger partial charge in [0.05, 0.1) is 6.61 Å². The van der Waals surface area contributed by atoms with E-state index >= 15 is 0 Å². The van der Waals surface area contributed by atoms with Crippen LogP contribution in [-0.4, -0.2) is 19.1 Å². The first-order chi connectivity index (χ1) is 9.63. The number of hydrogen-bond acceptors (Lipinski definition) is 3. The second-order valence-electron chi connectivity index (χ2n) is 5.89. The van der Waals surface area contributed by atoms with Gasteiger partial charge in [-0.15, -0.1) is 0 Å². The largest absolute Gasteiger partial charge is 0.465 e. The molecule has 3 heteroatoms. The smallest absolute Gasteiger partial charge is 0.327 e. The van der Waals surface area contributed by atoms with Gasteiger partial charge in [0.2, 0.25) is 0 Å². The molecule has 1 fully saturated rings. The first-order valence-electron chi connectivity index (χ1n) is 7.62. The molecule has 1 N–H and O–H groups in total. The Morgan fingerprint density at radius 2 is 2.05 bits per heavy atom. The number of esters is 1. The van der Waals surface area contributed by atoms with Crippen LogP contribution in [0.5, 0.6) is 0 Å². The van der Waals surface area contributed by atoms with E-state index in [1.807, 2.05) is 13.0 Å². The third-order valence-corrected chi connectivity index (χ3v) is 3.58. The molecule has 1 aromatic carbocycles. The van der Waals surface area contributed by atoms with Crippen LogP contribution in [0.1, 0.15) is 56.7 Å². The average Bonchev–Trinajstić information content (AvgIpc) is 3.24. The lowest BCUT2D eigenvalue weighted by molar-refractivity contribution is -0.145. The van der Waals surface area contributed by atoms with Gasteiger partial charge in [-0.1, -0.05) is 38.1 Å². The third kappa shape index (κ3) is 3.83. The summed E-state index contributed by atoms with van der Waals surface area (Å²) in [6.07, 6.45) is 2.47. The lowest BCUT2D eigenvalue weighted by Crippen LogP contribution is -2.33. The topological polar surface area (TPSA) is 38.3 Å². The van der Waals surface area contributed by atoms with Gasteiger partial charge in [-0.2, -0.15) is 0 Å². The number of benzene rings is 1. The number of ether oxygens (including phenoxy) is 1. The summed E-state index contributed by atoms with van der Waals surface area (Å²) in [4.78, 5) is 12.3. The van der Waals surface area contributed by atoms with Crippen LogP contribution in [0.4, 0.5) is 0 Å². The molecule has 0 amide bonds. The van der Waals surface area contributed by atoms with Crippen molar-refractivity contribution in [1.82, 2.24) is 5.32 Å². The quantitative estimate of drug-likeness (QED) is 0.775. The highest BCUT2D eigenvalue weighted by atomic mass is 16.5. The Labute approximate surface area is 121 Å². The number of carbonyl (C=O) groups excluding carboxylic acids is 1. The molecule has 1 aliphatic rings. The van der Waals surface area contributed by atoms with Crippen LogP contribution in [0.3, 0.4) is 0 Å². The van der Waals surface area contributed by atoms with E-state index in [-0.39, 0.29) is 12.0 Å². The zero-order valence-corrected chi connectivity index (χ0v) is 12.7. The molecule has 0 spiro atoms. The van der Waals surface area contributed by atoms with Crippen molar-refractivity contribution in [2.24, 2.45) is 5.92 Å². The van der Waals surface area contributed by atoms with Crippen molar-refractivity contribution in [1.29, 1.82) is 0 Å². The molecular weight excluding hydrogens is 250 g/mol. The van der Waals surface area contributed by atoms with Gasteiger partial charge in [-0.05, 0) is 49.3 Å². The lowest BCUT2D eigenvalue weighted by Gasteiger charge is -2.21. The van der Waals surface area contributed by atoms with E-state index in [1.54, 1.807) is 0 Å². The van der Waals surface area contributed by atoms with Crippen LogP contribution in [0.25, 0.3) is 0 Å². The summed E-state index contributed by atoms with van der Waals surface area (Å²) >= 11 is 0. The van der Waals surface area contributed by atoms with Gasteiger partial charge in [0, 0.05) is 0 Å². The van der Waals surface area contributed by atoms with E-state index in [9.17, 15) is 4.79 Å². The summed E-state index contributed by atoms with van der Waals surface area (Å²) < 4.78 is 5.24. The predicted molar refractivity (Wildman–Crippen MR) is 80.6 cm³/mol. The van der Waals surface area contributed by atoms with E-state index in [0.29, 0.717) is 18.4 Å². The number of carbonyl (C=O) groups is 1. The summed E-state index contributed by atoms with van der Waals surface area (Å²) in [5, 5.41) is 3.37. The minimum absolute atomic E-state index is 0.166. The van der Waals surface area contributed by atoms with Gasteiger partial charge in [-0.3, -0.25) is 0 Å². The van der Waals surface area contributed by atoms with Gasteiger partial charge in [-0.25, -0.2) is 4.79 Å². The van der Waals surface area contributed by atoms with Gasteiger partial charge in [0.1, 0.15) is 6.04 Å². The molecule has 0 radical (unpaired) electrons. The van der Waals surface area contributed by atoms with Crippen LogP contribution >= 0.6 is 0 Å². The van der Waals surface area contributed by atoms with E-state index in [0.717, 1.165) is 12.1 Å². The molecule has 3 nitrogen and oxygen atoms in total. The van der Waals surface area contributed by atoms with Crippen LogP contribution in [0.2, 0.25) is 0 Å². The monoisotopic (exact) mass is 275 g/mol. The van der Waals surface area contributed by atoms with Crippen LogP contribution in [-0.2, 0) is 9.53 Å². The van der Waals surface area contributed by atoms with Gasteiger partial charge >= 0.3 is 5.97 Å². The Morgan fingerprint density at radius 1 is 1.35 bits per heavy atom. The fourth-order valence-electron chi connectivity index (χ4n) is 2.44. The second kappa shape index (κ2) is 6.89. The Hall–Kier alpha value is -1.35. The van der Waals surface area contributed by atoms with Crippen molar-refractivity contribution >= 4 is 5.97 Å². The minimum atomic E-state index is -0.339. The number of hydrogen-bond donors (Lipinski definition) is 1. The van der Waals surface area contributed by atoms with Crippen molar-refractivity contribution in [2.75, 3.05) is 13.2 Å². The van der Waals surface area contributed by atoms with Crippen LogP contribution in [0, 0.1) is 5.92 Å². The predicted octanol–water partition coefficient (Wildman–Crippen LogP) is 3.41. The second-order valence-corrected chi connectivity index (χ2v) is 5.89. The maximum absolute atomic E-state index is 12.3. The third-order valence-electron chi connectivity index (χ3n) is 3.58. The van der Waals surface area contributed by atoms with Crippen molar-refractivity contribution < 1.29 is 9.53 Å². The molecule has 0 saturated heterocycles. The average molecular weight is 275 g/mol. The summed E-state index contributed by atoms with van der Waals surface area (Å²) in [7, 11) is 0. The Kier molecular flexibility index (Phi) is 5.18. The maximum Gasteiger partial charge on any atom is 0.327 e. The lowest BCUT2D eigenvalue weighted by atomic mass is 9.96. The van der Waals surface area contributed by atoms with Crippen molar-refractivity contribution in [3.8, 4) is 0 Å². The van der Waals surface area contributed by atoms with Crippen molar-refractivity contribution in [3.63, 3.8) is 0 Å². The highest BCUT2D eigenvalue weighted by Crippen LogP contribution is 2.43. The molecule has 0 aliphatic heterocycles. The summed E-state index contributed by atoms with van der Waals surface area (Å²) in [5.41, 5.74) is 2.40. The Balaban J connectivity index is 2.22. The van der Waals surface area contributed by atoms with Crippen LogP contribution in [0.15, 0.2) is 24.3 Å². The van der Waals surface area contributed by atoms with E-state index < -0.39 is 0 Å². The first-order valence-corrected chi connectivity index (χ1v) is 7.62. The molecule has 0 aromatic heterocycles. The summed E-state index contributed by atoms with van der Waals surface area (Å²) in [5.74, 6) is 0.963. The van der Waals surface area contributed by atoms with E-state index in [4.69, 9.17) is 4.74 Å². The Morgan fingerprint density at radius 3 is 2.65 bits per heavy atom. The fourth-order valence-corrected chi connectivity index (χ4v) is 2.44. The number of nitrogens with one attached hydrogen (secondary N) is 1. The number of rotatable bonds is 7. The molecular formula is C17H25NO2. The minimum Gasteiger partial charge on any atom is -0.465 e. The molecule has 2 rings (SSSR count).